The van der Waals surface area contributed by atoms with Gasteiger partial charge < -0.3 is 16.0 Å². The van der Waals surface area contributed by atoms with Crippen molar-refractivity contribution in [2.75, 3.05) is 24.1 Å². The second kappa shape index (κ2) is 8.11. The Morgan fingerprint density at radius 2 is 1.83 bits per heavy atom. The van der Waals surface area contributed by atoms with Crippen molar-refractivity contribution < 1.29 is 4.79 Å². The summed E-state index contributed by atoms with van der Waals surface area (Å²) in [4.78, 5) is 19.3. The minimum Gasteiger partial charge on any atom is -0.398 e. The van der Waals surface area contributed by atoms with Gasteiger partial charge in [0.1, 0.15) is 0 Å². The summed E-state index contributed by atoms with van der Waals surface area (Å²) in [6, 6.07) is 18.2. The number of piperidine rings is 1. The normalized spacial score (nSPS) is 15.1. The first-order valence-electron chi connectivity index (χ1n) is 10.3. The van der Waals surface area contributed by atoms with E-state index in [2.05, 4.69) is 48.4 Å². The lowest BCUT2D eigenvalue weighted by Crippen LogP contribution is -2.40. The summed E-state index contributed by atoms with van der Waals surface area (Å²) in [6.45, 7) is 5.73. The monoisotopic (exact) mass is 388 g/mol. The van der Waals surface area contributed by atoms with Gasteiger partial charge in [-0.15, -0.1) is 0 Å². The van der Waals surface area contributed by atoms with Crippen molar-refractivity contribution in [3.8, 4) is 0 Å². The van der Waals surface area contributed by atoms with Gasteiger partial charge in [0, 0.05) is 35.5 Å². The summed E-state index contributed by atoms with van der Waals surface area (Å²) in [5.74, 6) is 0.849. The molecule has 0 bridgehead atoms. The average Bonchev–Trinajstić information content (AvgIpc) is 2.74. The standard InChI is InChI=1S/C24H28N4O/c1-16(2)23-15-21(25)20-14-19(8-9-22(20)27-23)26-24(29)28-12-10-18(11-13-28)17-6-4-3-5-7-17/h3-9,14-16,18H,10-13H2,1-2H3,(H2,25,27)(H,26,29). The maximum Gasteiger partial charge on any atom is 0.321 e. The number of hydrogen-bond acceptors (Lipinski definition) is 3. The Morgan fingerprint density at radius 1 is 1.10 bits per heavy atom. The second-order valence-electron chi connectivity index (χ2n) is 8.13. The van der Waals surface area contributed by atoms with Crippen LogP contribution in [0.2, 0.25) is 0 Å². The summed E-state index contributed by atoms with van der Waals surface area (Å²) < 4.78 is 0. The molecule has 0 saturated carbocycles. The summed E-state index contributed by atoms with van der Waals surface area (Å²) >= 11 is 0. The molecule has 1 aromatic heterocycles. The van der Waals surface area contributed by atoms with Gasteiger partial charge in [0.15, 0.2) is 0 Å². The zero-order chi connectivity index (χ0) is 20.4. The maximum atomic E-state index is 12.7. The molecule has 3 aromatic rings. The highest BCUT2D eigenvalue weighted by Crippen LogP contribution is 2.29. The van der Waals surface area contributed by atoms with Crippen molar-refractivity contribution in [2.24, 2.45) is 0 Å². The molecule has 3 N–H and O–H groups in total. The van der Waals surface area contributed by atoms with E-state index in [0.29, 0.717) is 17.5 Å². The van der Waals surface area contributed by atoms with Crippen LogP contribution in [0.3, 0.4) is 0 Å². The quantitative estimate of drug-likeness (QED) is 0.635. The number of rotatable bonds is 3. The van der Waals surface area contributed by atoms with Crippen LogP contribution < -0.4 is 11.1 Å². The first-order chi connectivity index (χ1) is 14.0. The number of carbonyl (C=O) groups is 1. The zero-order valence-electron chi connectivity index (χ0n) is 17.1. The topological polar surface area (TPSA) is 71.2 Å². The number of hydrogen-bond donors (Lipinski definition) is 2. The molecular weight excluding hydrogens is 360 g/mol. The fourth-order valence-corrected chi connectivity index (χ4v) is 3.99. The number of anilines is 2. The summed E-state index contributed by atoms with van der Waals surface area (Å²) in [5.41, 5.74) is 10.9. The molecule has 1 aliphatic rings. The highest BCUT2D eigenvalue weighted by Gasteiger charge is 2.23. The van der Waals surface area contributed by atoms with Crippen molar-refractivity contribution in [3.63, 3.8) is 0 Å². The van der Waals surface area contributed by atoms with Crippen molar-refractivity contribution in [1.82, 2.24) is 9.88 Å². The van der Waals surface area contributed by atoms with E-state index in [0.717, 1.165) is 48.2 Å². The molecule has 0 atom stereocenters. The Morgan fingerprint density at radius 3 is 2.52 bits per heavy atom. The van der Waals surface area contributed by atoms with E-state index in [9.17, 15) is 4.79 Å². The molecule has 2 aromatic carbocycles. The van der Waals surface area contributed by atoms with Gasteiger partial charge in [0.25, 0.3) is 0 Å². The molecule has 1 aliphatic heterocycles. The van der Waals surface area contributed by atoms with Gasteiger partial charge in [-0.25, -0.2) is 4.79 Å². The largest absolute Gasteiger partial charge is 0.398 e. The number of nitrogen functional groups attached to an aromatic ring is 1. The number of amides is 2. The van der Waals surface area contributed by atoms with Gasteiger partial charge in [-0.2, -0.15) is 0 Å². The van der Waals surface area contributed by atoms with E-state index in [4.69, 9.17) is 5.73 Å². The van der Waals surface area contributed by atoms with Crippen LogP contribution in [-0.2, 0) is 0 Å². The van der Waals surface area contributed by atoms with Gasteiger partial charge in [-0.3, -0.25) is 4.98 Å². The number of nitrogens with two attached hydrogens (primary N) is 1. The van der Waals surface area contributed by atoms with Gasteiger partial charge in [-0.1, -0.05) is 44.2 Å². The molecule has 0 radical (unpaired) electrons. The Kier molecular flexibility index (Phi) is 5.38. The van der Waals surface area contributed by atoms with Crippen LogP contribution in [0.15, 0.2) is 54.6 Å². The second-order valence-corrected chi connectivity index (χ2v) is 8.13. The first-order valence-corrected chi connectivity index (χ1v) is 10.3. The van der Waals surface area contributed by atoms with E-state index in [1.54, 1.807) is 0 Å². The molecule has 0 unspecified atom stereocenters. The molecule has 0 spiro atoms. The number of carbonyl (C=O) groups excluding carboxylic acids is 1. The van der Waals surface area contributed by atoms with Crippen molar-refractivity contribution in [3.05, 3.63) is 65.9 Å². The van der Waals surface area contributed by atoms with Crippen molar-refractivity contribution in [1.29, 1.82) is 0 Å². The summed E-state index contributed by atoms with van der Waals surface area (Å²) in [5, 5.41) is 3.90. The van der Waals surface area contributed by atoms with Crippen molar-refractivity contribution in [2.45, 2.75) is 38.5 Å². The molecule has 150 valence electrons. The summed E-state index contributed by atoms with van der Waals surface area (Å²) in [7, 11) is 0. The highest BCUT2D eigenvalue weighted by molar-refractivity contribution is 5.96. The fourth-order valence-electron chi connectivity index (χ4n) is 3.99. The Labute approximate surface area is 171 Å². The smallest absolute Gasteiger partial charge is 0.321 e. The minimum atomic E-state index is -0.0545. The number of nitrogens with one attached hydrogen (secondary N) is 1. The third-order valence-corrected chi connectivity index (χ3v) is 5.76. The van der Waals surface area contributed by atoms with E-state index >= 15 is 0 Å². The number of benzene rings is 2. The Bertz CT molecular complexity index is 1010. The van der Waals surface area contributed by atoms with Crippen LogP contribution in [-0.4, -0.2) is 29.0 Å². The predicted octanol–water partition coefficient (Wildman–Crippen LogP) is 5.35. The molecule has 4 rings (SSSR count). The van der Waals surface area contributed by atoms with Gasteiger partial charge in [0.05, 0.1) is 5.52 Å². The SMILES string of the molecule is CC(C)c1cc(N)c2cc(NC(=O)N3CCC(c4ccccc4)CC3)ccc2n1. The van der Waals surface area contributed by atoms with Gasteiger partial charge >= 0.3 is 6.03 Å². The molecule has 0 aliphatic carbocycles. The zero-order valence-corrected chi connectivity index (χ0v) is 17.1. The first kappa shape index (κ1) is 19.2. The molecule has 5 heteroatoms. The van der Waals surface area contributed by atoms with Crippen LogP contribution in [0.5, 0.6) is 0 Å². The third kappa shape index (κ3) is 4.19. The van der Waals surface area contributed by atoms with Crippen LogP contribution in [0.1, 0.15) is 49.8 Å². The van der Waals surface area contributed by atoms with Crippen LogP contribution in [0.25, 0.3) is 10.9 Å². The lowest BCUT2D eigenvalue weighted by molar-refractivity contribution is 0.194. The third-order valence-electron chi connectivity index (χ3n) is 5.76. The van der Waals surface area contributed by atoms with E-state index < -0.39 is 0 Å². The minimum absolute atomic E-state index is 0.0545. The number of fused-ring (bicyclic) bond motifs is 1. The Balaban J connectivity index is 1.43. The average molecular weight is 389 g/mol. The maximum absolute atomic E-state index is 12.7. The number of likely N-dealkylation sites (tertiary alicyclic amines) is 1. The van der Waals surface area contributed by atoms with E-state index in [1.165, 1.54) is 5.56 Å². The number of nitrogens with zero attached hydrogens (tertiary/aromatic N) is 2. The number of pyridine rings is 1. The highest BCUT2D eigenvalue weighted by atomic mass is 16.2. The van der Waals surface area contributed by atoms with Crippen LogP contribution in [0.4, 0.5) is 16.2 Å². The fraction of sp³-hybridized carbons (Fsp3) is 0.333. The molecule has 1 saturated heterocycles. The van der Waals surface area contributed by atoms with Crippen LogP contribution >= 0.6 is 0 Å². The van der Waals surface area contributed by atoms with Gasteiger partial charge in [-0.05, 0) is 54.5 Å². The van der Waals surface area contributed by atoms with Gasteiger partial charge in [0.2, 0.25) is 0 Å². The number of urea groups is 1. The molecule has 5 nitrogen and oxygen atoms in total. The van der Waals surface area contributed by atoms with E-state index in [-0.39, 0.29) is 6.03 Å². The number of aromatic nitrogens is 1. The lowest BCUT2D eigenvalue weighted by Gasteiger charge is -2.32. The molecule has 1 fully saturated rings. The molecule has 29 heavy (non-hydrogen) atoms. The van der Waals surface area contributed by atoms with Crippen LogP contribution in [0, 0.1) is 0 Å². The van der Waals surface area contributed by atoms with Crippen molar-refractivity contribution >= 4 is 28.3 Å². The lowest BCUT2D eigenvalue weighted by atomic mass is 9.90. The molecule has 2 amide bonds. The predicted molar refractivity (Wildman–Crippen MR) is 119 cm³/mol. The molecular formula is C24H28N4O. The van der Waals surface area contributed by atoms with E-state index in [1.807, 2.05) is 35.2 Å². The Hall–Kier alpha value is -3.08. The summed E-state index contributed by atoms with van der Waals surface area (Å²) in [6.07, 6.45) is 1.98. The molecule has 2 heterocycles.